The Bertz CT molecular complexity index is 663. The molecule has 3 rings (SSSR count). The number of nitrogens with zero attached hydrogens (tertiary/aromatic N) is 2. The zero-order chi connectivity index (χ0) is 15.5. The Kier molecular flexibility index (Phi) is 4.39. The molecule has 0 spiro atoms. The molecule has 22 heavy (non-hydrogen) atoms. The molecule has 4 nitrogen and oxygen atoms in total. The van der Waals surface area contributed by atoms with Gasteiger partial charge in [-0.3, -0.25) is 9.78 Å². The largest absolute Gasteiger partial charge is 0.368 e. The molecule has 1 amide bonds. The molecule has 1 saturated heterocycles. The maximum atomic E-state index is 12.6. The highest BCUT2D eigenvalue weighted by atomic mass is 16.5. The topological polar surface area (TPSA) is 42.4 Å². The Hall–Kier alpha value is -1.94. The number of para-hydroxylation sites is 1. The summed E-state index contributed by atoms with van der Waals surface area (Å²) in [7, 11) is 0. The van der Waals surface area contributed by atoms with Gasteiger partial charge < -0.3 is 9.64 Å². The van der Waals surface area contributed by atoms with Gasteiger partial charge in [-0.05, 0) is 38.8 Å². The maximum absolute atomic E-state index is 12.6. The van der Waals surface area contributed by atoms with Gasteiger partial charge in [-0.1, -0.05) is 24.3 Å². The van der Waals surface area contributed by atoms with Crippen LogP contribution in [0.4, 0.5) is 0 Å². The number of fused-ring (bicyclic) bond motifs is 1. The summed E-state index contributed by atoms with van der Waals surface area (Å²) < 4.78 is 5.54. The van der Waals surface area contributed by atoms with Gasteiger partial charge in [0.1, 0.15) is 6.10 Å². The third-order valence-electron chi connectivity index (χ3n) is 4.10. The molecule has 1 aromatic carbocycles. The van der Waals surface area contributed by atoms with Crippen LogP contribution in [-0.4, -0.2) is 34.5 Å². The first kappa shape index (κ1) is 15.0. The van der Waals surface area contributed by atoms with Gasteiger partial charge in [-0.15, -0.1) is 0 Å². The maximum Gasteiger partial charge on any atom is 0.252 e. The molecule has 0 aliphatic carbocycles. The Morgan fingerprint density at radius 1 is 1.32 bits per heavy atom. The van der Waals surface area contributed by atoms with Crippen molar-refractivity contribution in [3.63, 3.8) is 0 Å². The van der Waals surface area contributed by atoms with Gasteiger partial charge in [-0.2, -0.15) is 0 Å². The molecule has 0 N–H and O–H groups in total. The number of amides is 1. The number of carbonyl (C=O) groups is 1. The van der Waals surface area contributed by atoms with Gasteiger partial charge in [0.05, 0.1) is 17.8 Å². The fourth-order valence-electron chi connectivity index (χ4n) is 2.84. The molecule has 116 valence electrons. The molecule has 1 atom stereocenters. The fraction of sp³-hybridized carbons (Fsp3) is 0.444. The summed E-state index contributed by atoms with van der Waals surface area (Å²) in [6.07, 6.45) is 1.52. The number of carbonyl (C=O) groups excluding carboxylic acids is 1. The number of hydrogen-bond donors (Lipinski definition) is 0. The minimum atomic E-state index is -0.275. The SMILES string of the molecule is CC(C)N(Cc1ccc2ccccc2n1)C(=O)C1CCCO1. The molecular weight excluding hydrogens is 276 g/mol. The zero-order valence-electron chi connectivity index (χ0n) is 13.2. The van der Waals surface area contributed by atoms with Gasteiger partial charge in [0.25, 0.3) is 5.91 Å². The number of ether oxygens (including phenoxy) is 1. The first-order chi connectivity index (χ1) is 10.6. The lowest BCUT2D eigenvalue weighted by molar-refractivity contribution is -0.143. The highest BCUT2D eigenvalue weighted by molar-refractivity contribution is 5.82. The van der Waals surface area contributed by atoms with Crippen LogP contribution in [0.2, 0.25) is 0 Å². The summed E-state index contributed by atoms with van der Waals surface area (Å²) in [6, 6.07) is 12.2. The molecule has 1 fully saturated rings. The monoisotopic (exact) mass is 298 g/mol. The predicted molar refractivity (Wildman–Crippen MR) is 86.4 cm³/mol. The van der Waals surface area contributed by atoms with E-state index in [-0.39, 0.29) is 18.1 Å². The quantitative estimate of drug-likeness (QED) is 0.871. The van der Waals surface area contributed by atoms with Gasteiger partial charge in [0.2, 0.25) is 0 Å². The summed E-state index contributed by atoms with van der Waals surface area (Å²) in [5, 5.41) is 1.12. The van der Waals surface area contributed by atoms with E-state index in [4.69, 9.17) is 4.74 Å². The van der Waals surface area contributed by atoms with Crippen LogP contribution in [0.15, 0.2) is 36.4 Å². The van der Waals surface area contributed by atoms with Crippen molar-refractivity contribution < 1.29 is 9.53 Å². The van der Waals surface area contributed by atoms with E-state index in [2.05, 4.69) is 11.1 Å². The number of hydrogen-bond acceptors (Lipinski definition) is 3. The third kappa shape index (κ3) is 3.12. The van der Waals surface area contributed by atoms with E-state index >= 15 is 0 Å². The van der Waals surface area contributed by atoms with Gasteiger partial charge >= 0.3 is 0 Å². The summed E-state index contributed by atoms with van der Waals surface area (Å²) in [4.78, 5) is 19.2. The summed E-state index contributed by atoms with van der Waals surface area (Å²) in [6.45, 7) is 5.29. The first-order valence-corrected chi connectivity index (χ1v) is 7.92. The van der Waals surface area contributed by atoms with E-state index < -0.39 is 0 Å². The fourth-order valence-corrected chi connectivity index (χ4v) is 2.84. The van der Waals surface area contributed by atoms with Crippen LogP contribution in [0, 0.1) is 0 Å². The molecule has 1 aromatic heterocycles. The predicted octanol–water partition coefficient (Wildman–Crippen LogP) is 3.15. The van der Waals surface area contributed by atoms with Crippen LogP contribution in [0.1, 0.15) is 32.4 Å². The lowest BCUT2D eigenvalue weighted by Crippen LogP contribution is -2.42. The Balaban J connectivity index is 1.81. The minimum Gasteiger partial charge on any atom is -0.368 e. The van der Waals surface area contributed by atoms with Crippen LogP contribution in [0.25, 0.3) is 10.9 Å². The van der Waals surface area contributed by atoms with Crippen LogP contribution >= 0.6 is 0 Å². The first-order valence-electron chi connectivity index (χ1n) is 7.92. The normalized spacial score (nSPS) is 18.0. The van der Waals surface area contributed by atoms with Crippen molar-refractivity contribution in [1.82, 2.24) is 9.88 Å². The minimum absolute atomic E-state index is 0.0856. The highest BCUT2D eigenvalue weighted by Gasteiger charge is 2.29. The molecule has 1 aliphatic rings. The van der Waals surface area contributed by atoms with Crippen molar-refractivity contribution in [2.24, 2.45) is 0 Å². The second-order valence-corrected chi connectivity index (χ2v) is 6.06. The smallest absolute Gasteiger partial charge is 0.252 e. The molecular formula is C18H22N2O2. The number of pyridine rings is 1. The lowest BCUT2D eigenvalue weighted by atomic mass is 10.1. The van der Waals surface area contributed by atoms with Gasteiger partial charge in [0.15, 0.2) is 0 Å². The molecule has 0 radical (unpaired) electrons. The van der Waals surface area contributed by atoms with E-state index in [1.165, 1.54) is 0 Å². The molecule has 0 bridgehead atoms. The van der Waals surface area contributed by atoms with Crippen LogP contribution in [0.5, 0.6) is 0 Å². The van der Waals surface area contributed by atoms with E-state index in [1.807, 2.05) is 49.1 Å². The van der Waals surface area contributed by atoms with Crippen molar-refractivity contribution in [3.05, 3.63) is 42.1 Å². The summed E-state index contributed by atoms with van der Waals surface area (Å²) >= 11 is 0. The molecule has 1 unspecified atom stereocenters. The third-order valence-corrected chi connectivity index (χ3v) is 4.10. The summed E-state index contributed by atoms with van der Waals surface area (Å²) in [5.41, 5.74) is 1.88. The molecule has 1 aliphatic heterocycles. The number of aromatic nitrogens is 1. The van der Waals surface area contributed by atoms with E-state index in [1.54, 1.807) is 0 Å². The van der Waals surface area contributed by atoms with Crippen LogP contribution in [-0.2, 0) is 16.1 Å². The van der Waals surface area contributed by atoms with Crippen molar-refractivity contribution in [3.8, 4) is 0 Å². The van der Waals surface area contributed by atoms with Crippen LogP contribution < -0.4 is 0 Å². The molecule has 2 aromatic rings. The van der Waals surface area contributed by atoms with E-state index in [0.717, 1.165) is 29.4 Å². The molecule has 0 saturated carbocycles. The lowest BCUT2D eigenvalue weighted by Gasteiger charge is -2.28. The van der Waals surface area contributed by atoms with Gasteiger partial charge in [-0.25, -0.2) is 0 Å². The Morgan fingerprint density at radius 2 is 2.14 bits per heavy atom. The number of rotatable bonds is 4. The number of benzene rings is 1. The van der Waals surface area contributed by atoms with Crippen molar-refractivity contribution in [1.29, 1.82) is 0 Å². The summed E-state index contributed by atoms with van der Waals surface area (Å²) in [5.74, 6) is 0.0856. The second kappa shape index (κ2) is 6.44. The molecule has 4 heteroatoms. The Morgan fingerprint density at radius 3 is 2.86 bits per heavy atom. The van der Waals surface area contributed by atoms with Crippen molar-refractivity contribution in [2.45, 2.75) is 45.4 Å². The average molecular weight is 298 g/mol. The zero-order valence-corrected chi connectivity index (χ0v) is 13.2. The Labute approximate surface area is 131 Å². The second-order valence-electron chi connectivity index (χ2n) is 6.06. The standard InChI is InChI=1S/C18H22N2O2/c1-13(2)20(18(21)17-8-5-11-22-17)12-15-10-9-14-6-3-4-7-16(14)19-15/h3-4,6-7,9-10,13,17H,5,8,11-12H2,1-2H3. The van der Waals surface area contributed by atoms with Crippen molar-refractivity contribution >= 4 is 16.8 Å². The van der Waals surface area contributed by atoms with Crippen molar-refractivity contribution in [2.75, 3.05) is 6.61 Å². The van der Waals surface area contributed by atoms with Crippen LogP contribution in [0.3, 0.4) is 0 Å². The van der Waals surface area contributed by atoms with E-state index in [0.29, 0.717) is 13.2 Å². The average Bonchev–Trinajstić information content (AvgIpc) is 3.06. The van der Waals surface area contributed by atoms with Gasteiger partial charge in [0, 0.05) is 18.0 Å². The highest BCUT2D eigenvalue weighted by Crippen LogP contribution is 2.19. The molecule has 2 heterocycles. The van der Waals surface area contributed by atoms with E-state index in [9.17, 15) is 4.79 Å².